The SMILES string of the molecule is COc1ccc2c3c(c4c(c2c1)OC(c1ccccc1)(c1ccc(N(C)C)cc1)CC4)C1(CCCC2CCCCC21)c1ccccc1-3. The summed E-state index contributed by atoms with van der Waals surface area (Å²) >= 11 is 0. The molecule has 2 fully saturated rings. The van der Waals surface area contributed by atoms with Crippen LogP contribution in [0.3, 0.4) is 0 Å². The Morgan fingerprint density at radius 1 is 0.745 bits per heavy atom. The molecule has 0 N–H and O–H groups in total. The quantitative estimate of drug-likeness (QED) is 0.200. The topological polar surface area (TPSA) is 21.7 Å². The average Bonchev–Trinajstić information content (AvgIpc) is 3.42. The van der Waals surface area contributed by atoms with Crippen LogP contribution in [0.5, 0.6) is 11.5 Å². The first kappa shape index (κ1) is 28.9. The van der Waals surface area contributed by atoms with E-state index in [2.05, 4.69) is 116 Å². The first-order valence-corrected chi connectivity index (χ1v) is 17.8. The fourth-order valence-corrected chi connectivity index (χ4v) is 10.5. The molecule has 0 bridgehead atoms. The molecule has 5 aromatic rings. The van der Waals surface area contributed by atoms with Gasteiger partial charge in [0.1, 0.15) is 11.5 Å². The molecule has 2 saturated carbocycles. The summed E-state index contributed by atoms with van der Waals surface area (Å²) in [6.07, 6.45) is 11.2. The second-order valence-electron chi connectivity index (χ2n) is 14.8. The smallest absolute Gasteiger partial charge is 0.159 e. The molecular weight excluding hydrogens is 574 g/mol. The van der Waals surface area contributed by atoms with Crippen LogP contribution in [0.2, 0.25) is 0 Å². The third-order valence-corrected chi connectivity index (χ3v) is 12.5. The zero-order chi connectivity index (χ0) is 31.8. The molecule has 0 aromatic heterocycles. The van der Waals surface area contributed by atoms with Gasteiger partial charge in [0.15, 0.2) is 5.60 Å². The number of anilines is 1. The zero-order valence-electron chi connectivity index (χ0n) is 28.0. The van der Waals surface area contributed by atoms with Crippen molar-refractivity contribution in [1.82, 2.24) is 0 Å². The maximum Gasteiger partial charge on any atom is 0.159 e. The van der Waals surface area contributed by atoms with Gasteiger partial charge < -0.3 is 14.4 Å². The molecule has 4 aliphatic rings. The molecule has 47 heavy (non-hydrogen) atoms. The summed E-state index contributed by atoms with van der Waals surface area (Å²) in [6, 6.07) is 36.1. The molecule has 9 rings (SSSR count). The van der Waals surface area contributed by atoms with Gasteiger partial charge in [-0.3, -0.25) is 0 Å². The van der Waals surface area contributed by atoms with Gasteiger partial charge in [-0.15, -0.1) is 0 Å². The summed E-state index contributed by atoms with van der Waals surface area (Å²) in [4.78, 5) is 2.17. The predicted molar refractivity (Wildman–Crippen MR) is 193 cm³/mol. The molecule has 1 spiro atoms. The highest BCUT2D eigenvalue weighted by molar-refractivity contribution is 6.07. The maximum absolute atomic E-state index is 7.73. The summed E-state index contributed by atoms with van der Waals surface area (Å²) in [5, 5.41) is 2.47. The maximum atomic E-state index is 7.73. The Morgan fingerprint density at radius 2 is 1.49 bits per heavy atom. The molecule has 0 saturated heterocycles. The molecule has 1 heterocycles. The number of fused-ring (bicyclic) bond motifs is 12. The van der Waals surface area contributed by atoms with E-state index >= 15 is 0 Å². The second kappa shape index (κ2) is 10.9. The molecule has 0 radical (unpaired) electrons. The fraction of sp³-hybridized carbons (Fsp3) is 0.364. The molecule has 4 unspecified atom stereocenters. The minimum absolute atomic E-state index is 0.0525. The van der Waals surface area contributed by atoms with E-state index in [-0.39, 0.29) is 5.41 Å². The van der Waals surface area contributed by atoms with E-state index < -0.39 is 5.60 Å². The summed E-state index contributed by atoms with van der Waals surface area (Å²) < 4.78 is 13.6. The number of rotatable bonds is 4. The van der Waals surface area contributed by atoms with Crippen molar-refractivity contribution in [3.05, 3.63) is 125 Å². The number of hydrogen-bond donors (Lipinski definition) is 0. The molecule has 5 aromatic carbocycles. The molecular formula is C44H45NO2. The average molecular weight is 620 g/mol. The first-order chi connectivity index (χ1) is 23.0. The zero-order valence-corrected chi connectivity index (χ0v) is 28.0. The molecule has 0 amide bonds. The molecule has 3 aliphatic carbocycles. The van der Waals surface area contributed by atoms with Crippen LogP contribution < -0.4 is 14.4 Å². The highest BCUT2D eigenvalue weighted by Crippen LogP contribution is 2.66. The number of benzene rings is 5. The van der Waals surface area contributed by atoms with E-state index in [1.807, 2.05) is 0 Å². The van der Waals surface area contributed by atoms with Gasteiger partial charge in [-0.05, 0) is 107 Å². The summed E-state index contributed by atoms with van der Waals surface area (Å²) in [7, 11) is 5.98. The second-order valence-corrected chi connectivity index (χ2v) is 14.8. The van der Waals surface area contributed by atoms with Gasteiger partial charge in [0.2, 0.25) is 0 Å². The van der Waals surface area contributed by atoms with Crippen LogP contribution in [-0.4, -0.2) is 21.2 Å². The van der Waals surface area contributed by atoms with Gasteiger partial charge in [-0.25, -0.2) is 0 Å². The van der Waals surface area contributed by atoms with E-state index in [4.69, 9.17) is 9.47 Å². The van der Waals surface area contributed by atoms with Gasteiger partial charge in [-0.1, -0.05) is 98.8 Å². The fourth-order valence-electron chi connectivity index (χ4n) is 10.5. The Hall–Kier alpha value is -4.24. The first-order valence-electron chi connectivity index (χ1n) is 17.8. The lowest BCUT2D eigenvalue weighted by Gasteiger charge is -2.51. The number of hydrogen-bond acceptors (Lipinski definition) is 3. The monoisotopic (exact) mass is 619 g/mol. The van der Waals surface area contributed by atoms with Gasteiger partial charge >= 0.3 is 0 Å². The van der Waals surface area contributed by atoms with Crippen molar-refractivity contribution in [2.75, 3.05) is 26.1 Å². The Labute approximate surface area is 279 Å². The lowest BCUT2D eigenvalue weighted by atomic mass is 9.53. The van der Waals surface area contributed by atoms with Gasteiger partial charge in [0.25, 0.3) is 0 Å². The van der Waals surface area contributed by atoms with Crippen LogP contribution in [0.1, 0.15) is 79.2 Å². The Balaban J connectivity index is 1.34. The molecule has 4 atom stereocenters. The van der Waals surface area contributed by atoms with Crippen LogP contribution in [0, 0.1) is 11.8 Å². The minimum atomic E-state index is -0.595. The van der Waals surface area contributed by atoms with Crippen LogP contribution in [-0.2, 0) is 17.4 Å². The summed E-state index contributed by atoms with van der Waals surface area (Å²) in [6.45, 7) is 0. The Bertz CT molecular complexity index is 1980. The van der Waals surface area contributed by atoms with Crippen molar-refractivity contribution in [3.63, 3.8) is 0 Å². The standard InChI is InChI=1S/C44H45NO2/c1-45(2)32-21-19-31(20-22-32)44(30-14-5-4-6-15-30)27-25-36-41-40(34-24-23-33(46-3)28-37(34)42(36)47-44)35-16-8-10-18-39(35)43(41)26-11-13-29-12-7-9-17-38(29)43/h4-6,8,10,14-16,18-24,28-29,38H,7,9,11-13,17,25-27H2,1-3H3. The lowest BCUT2D eigenvalue weighted by molar-refractivity contribution is 0.0808. The number of nitrogens with zero attached hydrogens (tertiary/aromatic N) is 1. The minimum Gasteiger partial charge on any atom is -0.497 e. The molecule has 1 aliphatic heterocycles. The van der Waals surface area contributed by atoms with Gasteiger partial charge in [-0.2, -0.15) is 0 Å². The summed E-state index contributed by atoms with van der Waals surface area (Å²) in [5.41, 5.74) is 10.6. The summed E-state index contributed by atoms with van der Waals surface area (Å²) in [5.74, 6) is 3.43. The van der Waals surface area contributed by atoms with Crippen molar-refractivity contribution in [2.24, 2.45) is 11.8 Å². The molecule has 238 valence electrons. The number of ether oxygens (including phenoxy) is 2. The van der Waals surface area contributed by atoms with E-state index in [9.17, 15) is 0 Å². The van der Waals surface area contributed by atoms with Crippen molar-refractivity contribution in [1.29, 1.82) is 0 Å². The van der Waals surface area contributed by atoms with Crippen molar-refractivity contribution < 1.29 is 9.47 Å². The highest BCUT2D eigenvalue weighted by atomic mass is 16.5. The van der Waals surface area contributed by atoms with Crippen LogP contribution in [0.25, 0.3) is 21.9 Å². The third-order valence-electron chi connectivity index (χ3n) is 12.5. The van der Waals surface area contributed by atoms with Crippen LogP contribution in [0.15, 0.2) is 97.1 Å². The van der Waals surface area contributed by atoms with Gasteiger partial charge in [0, 0.05) is 36.1 Å². The van der Waals surface area contributed by atoms with E-state index in [0.29, 0.717) is 5.92 Å². The lowest BCUT2D eigenvalue weighted by Crippen LogP contribution is -2.45. The third kappa shape index (κ3) is 4.11. The number of methoxy groups -OCH3 is 1. The Morgan fingerprint density at radius 3 is 2.30 bits per heavy atom. The molecule has 3 nitrogen and oxygen atoms in total. The van der Waals surface area contributed by atoms with Crippen molar-refractivity contribution in [3.8, 4) is 22.6 Å². The largest absolute Gasteiger partial charge is 0.497 e. The van der Waals surface area contributed by atoms with E-state index in [0.717, 1.165) is 30.3 Å². The van der Waals surface area contributed by atoms with Crippen LogP contribution in [0.4, 0.5) is 5.69 Å². The highest BCUT2D eigenvalue weighted by Gasteiger charge is 2.56. The van der Waals surface area contributed by atoms with Crippen LogP contribution >= 0.6 is 0 Å². The normalized spacial score (nSPS) is 25.8. The Kier molecular flexibility index (Phi) is 6.72. The molecule has 3 heteroatoms. The predicted octanol–water partition coefficient (Wildman–Crippen LogP) is 10.4. The van der Waals surface area contributed by atoms with Crippen molar-refractivity contribution in [2.45, 2.75) is 68.8 Å². The van der Waals surface area contributed by atoms with Gasteiger partial charge in [0.05, 0.1) is 7.11 Å². The van der Waals surface area contributed by atoms with E-state index in [1.54, 1.807) is 18.2 Å². The van der Waals surface area contributed by atoms with Crippen molar-refractivity contribution >= 4 is 16.5 Å². The van der Waals surface area contributed by atoms with E-state index in [1.165, 1.54) is 89.2 Å².